The Kier molecular flexibility index (Phi) is 2.91. The number of imidazole rings is 1. The molecular formula is C12H11FN2O2. The lowest BCUT2D eigenvalue weighted by Gasteiger charge is -2.00. The standard InChI is InChI=1S/C12H11FN2O2/c1-15-7-10(6-11(16)17)14-12(15)8-3-2-4-9(13)5-8/h2-5,7H,6H2,1H3,(H,16,17). The van der Waals surface area contributed by atoms with E-state index in [0.717, 1.165) is 0 Å². The summed E-state index contributed by atoms with van der Waals surface area (Å²) in [5.41, 5.74) is 1.09. The number of rotatable bonds is 3. The quantitative estimate of drug-likeness (QED) is 0.881. The molecule has 0 aliphatic carbocycles. The highest BCUT2D eigenvalue weighted by molar-refractivity contribution is 5.70. The van der Waals surface area contributed by atoms with E-state index in [1.54, 1.807) is 29.9 Å². The lowest BCUT2D eigenvalue weighted by Crippen LogP contribution is -1.99. The normalized spacial score (nSPS) is 10.5. The Morgan fingerprint density at radius 3 is 2.94 bits per heavy atom. The van der Waals surface area contributed by atoms with Crippen molar-refractivity contribution in [1.82, 2.24) is 9.55 Å². The van der Waals surface area contributed by atoms with E-state index in [1.165, 1.54) is 12.1 Å². The van der Waals surface area contributed by atoms with Crippen molar-refractivity contribution in [3.05, 3.63) is 42.0 Å². The maximum Gasteiger partial charge on any atom is 0.309 e. The van der Waals surface area contributed by atoms with Gasteiger partial charge in [-0.3, -0.25) is 4.79 Å². The molecule has 0 fully saturated rings. The summed E-state index contributed by atoms with van der Waals surface area (Å²) in [6.07, 6.45) is 1.50. The maximum atomic E-state index is 13.1. The van der Waals surface area contributed by atoms with Crippen LogP contribution in [0.5, 0.6) is 0 Å². The van der Waals surface area contributed by atoms with E-state index in [-0.39, 0.29) is 12.2 Å². The number of hydrogen-bond acceptors (Lipinski definition) is 2. The monoisotopic (exact) mass is 234 g/mol. The molecule has 0 atom stereocenters. The summed E-state index contributed by atoms with van der Waals surface area (Å²) in [5, 5.41) is 8.67. The van der Waals surface area contributed by atoms with Crippen LogP contribution in [0.15, 0.2) is 30.5 Å². The van der Waals surface area contributed by atoms with Crippen LogP contribution in [-0.2, 0) is 18.3 Å². The minimum absolute atomic E-state index is 0.136. The molecule has 0 amide bonds. The predicted octanol–water partition coefficient (Wildman–Crippen LogP) is 1.85. The summed E-state index contributed by atoms with van der Waals surface area (Å²) in [6.45, 7) is 0. The molecule has 0 spiro atoms. The van der Waals surface area contributed by atoms with E-state index in [9.17, 15) is 9.18 Å². The number of benzene rings is 1. The summed E-state index contributed by atoms with van der Waals surface area (Å²) in [4.78, 5) is 14.7. The second-order valence-corrected chi connectivity index (χ2v) is 3.75. The molecule has 0 saturated carbocycles. The first-order chi connectivity index (χ1) is 8.06. The molecule has 2 rings (SSSR count). The van der Waals surface area contributed by atoms with Crippen LogP contribution in [0, 0.1) is 5.82 Å². The van der Waals surface area contributed by atoms with Crippen LogP contribution in [0.25, 0.3) is 11.4 Å². The second kappa shape index (κ2) is 4.37. The van der Waals surface area contributed by atoms with Crippen molar-refractivity contribution in [1.29, 1.82) is 0 Å². The summed E-state index contributed by atoms with van der Waals surface area (Å²) < 4.78 is 14.8. The summed E-state index contributed by atoms with van der Waals surface area (Å²) in [7, 11) is 1.75. The minimum atomic E-state index is -0.936. The van der Waals surface area contributed by atoms with Gasteiger partial charge in [0.05, 0.1) is 12.1 Å². The molecule has 0 radical (unpaired) electrons. The number of aryl methyl sites for hydroxylation is 1. The summed E-state index contributed by atoms with van der Waals surface area (Å²) in [5.74, 6) is -0.722. The summed E-state index contributed by atoms with van der Waals surface area (Å²) >= 11 is 0. The van der Waals surface area contributed by atoms with E-state index in [0.29, 0.717) is 17.1 Å². The van der Waals surface area contributed by atoms with Crippen LogP contribution < -0.4 is 0 Å². The van der Waals surface area contributed by atoms with Gasteiger partial charge in [-0.1, -0.05) is 12.1 Å². The third kappa shape index (κ3) is 2.50. The topological polar surface area (TPSA) is 55.1 Å². The molecule has 0 aliphatic heterocycles. The van der Waals surface area contributed by atoms with Crippen LogP contribution in [0.2, 0.25) is 0 Å². The van der Waals surface area contributed by atoms with Gasteiger partial charge in [0.15, 0.2) is 0 Å². The number of carboxylic acid groups (broad SMARTS) is 1. The lowest BCUT2D eigenvalue weighted by atomic mass is 10.2. The van der Waals surface area contributed by atoms with Crippen molar-refractivity contribution in [2.24, 2.45) is 7.05 Å². The Morgan fingerprint density at radius 1 is 1.53 bits per heavy atom. The first-order valence-electron chi connectivity index (χ1n) is 5.06. The van der Waals surface area contributed by atoms with Gasteiger partial charge < -0.3 is 9.67 Å². The van der Waals surface area contributed by atoms with E-state index >= 15 is 0 Å². The number of nitrogens with zero attached hydrogens (tertiary/aromatic N) is 2. The lowest BCUT2D eigenvalue weighted by molar-refractivity contribution is -0.136. The van der Waals surface area contributed by atoms with Gasteiger partial charge in [0.25, 0.3) is 0 Å². The van der Waals surface area contributed by atoms with Gasteiger partial charge in [-0.15, -0.1) is 0 Å². The van der Waals surface area contributed by atoms with Crippen LogP contribution in [0.4, 0.5) is 4.39 Å². The molecule has 1 heterocycles. The molecule has 88 valence electrons. The van der Waals surface area contributed by atoms with Crippen molar-refractivity contribution in [2.45, 2.75) is 6.42 Å². The fraction of sp³-hybridized carbons (Fsp3) is 0.167. The molecule has 0 aliphatic rings. The van der Waals surface area contributed by atoms with Gasteiger partial charge >= 0.3 is 5.97 Å². The molecule has 4 nitrogen and oxygen atoms in total. The molecule has 17 heavy (non-hydrogen) atoms. The number of carbonyl (C=O) groups is 1. The smallest absolute Gasteiger partial charge is 0.309 e. The highest BCUT2D eigenvalue weighted by atomic mass is 19.1. The number of hydrogen-bond donors (Lipinski definition) is 1. The fourth-order valence-corrected chi connectivity index (χ4v) is 1.66. The average molecular weight is 234 g/mol. The van der Waals surface area contributed by atoms with Crippen LogP contribution in [0.3, 0.4) is 0 Å². The van der Waals surface area contributed by atoms with Gasteiger partial charge in [-0.2, -0.15) is 0 Å². The number of carboxylic acids is 1. The predicted molar refractivity (Wildman–Crippen MR) is 59.9 cm³/mol. The number of aliphatic carboxylic acids is 1. The minimum Gasteiger partial charge on any atom is -0.481 e. The number of halogens is 1. The Hall–Kier alpha value is -2.17. The van der Waals surface area contributed by atoms with Crippen molar-refractivity contribution < 1.29 is 14.3 Å². The van der Waals surface area contributed by atoms with E-state index in [4.69, 9.17) is 5.11 Å². The third-order valence-electron chi connectivity index (χ3n) is 2.34. The van der Waals surface area contributed by atoms with Gasteiger partial charge in [0, 0.05) is 18.8 Å². The molecule has 1 aromatic carbocycles. The largest absolute Gasteiger partial charge is 0.481 e. The Morgan fingerprint density at radius 2 is 2.29 bits per heavy atom. The molecule has 5 heteroatoms. The van der Waals surface area contributed by atoms with E-state index in [1.807, 2.05) is 0 Å². The van der Waals surface area contributed by atoms with E-state index < -0.39 is 5.97 Å². The Labute approximate surface area is 97.3 Å². The van der Waals surface area contributed by atoms with Gasteiger partial charge in [-0.25, -0.2) is 9.37 Å². The molecule has 1 aromatic heterocycles. The SMILES string of the molecule is Cn1cc(CC(=O)O)nc1-c1cccc(F)c1. The van der Waals surface area contributed by atoms with Crippen LogP contribution in [-0.4, -0.2) is 20.6 Å². The van der Waals surface area contributed by atoms with Crippen molar-refractivity contribution in [3.8, 4) is 11.4 Å². The molecule has 0 unspecified atom stereocenters. The maximum absolute atomic E-state index is 13.1. The van der Waals surface area contributed by atoms with Crippen molar-refractivity contribution in [2.75, 3.05) is 0 Å². The third-order valence-corrected chi connectivity index (χ3v) is 2.34. The molecular weight excluding hydrogens is 223 g/mol. The highest BCUT2D eigenvalue weighted by Crippen LogP contribution is 2.19. The fourth-order valence-electron chi connectivity index (χ4n) is 1.66. The van der Waals surface area contributed by atoms with Crippen molar-refractivity contribution >= 4 is 5.97 Å². The van der Waals surface area contributed by atoms with E-state index in [2.05, 4.69) is 4.98 Å². The second-order valence-electron chi connectivity index (χ2n) is 3.75. The number of aromatic nitrogens is 2. The molecule has 0 bridgehead atoms. The van der Waals surface area contributed by atoms with Crippen LogP contribution in [0.1, 0.15) is 5.69 Å². The molecule has 2 aromatic rings. The Bertz CT molecular complexity index is 563. The first kappa shape index (κ1) is 11.3. The average Bonchev–Trinajstić information content (AvgIpc) is 2.58. The highest BCUT2D eigenvalue weighted by Gasteiger charge is 2.10. The molecule has 0 saturated heterocycles. The summed E-state index contributed by atoms with van der Waals surface area (Å²) in [6, 6.07) is 6.05. The van der Waals surface area contributed by atoms with Crippen LogP contribution >= 0.6 is 0 Å². The van der Waals surface area contributed by atoms with Crippen molar-refractivity contribution in [3.63, 3.8) is 0 Å². The zero-order chi connectivity index (χ0) is 12.4. The first-order valence-corrected chi connectivity index (χ1v) is 5.06. The zero-order valence-corrected chi connectivity index (χ0v) is 9.22. The molecule has 1 N–H and O–H groups in total. The Balaban J connectivity index is 2.39. The van der Waals surface area contributed by atoms with Gasteiger partial charge in [0.1, 0.15) is 11.6 Å². The van der Waals surface area contributed by atoms with Gasteiger partial charge in [0.2, 0.25) is 0 Å². The van der Waals surface area contributed by atoms with Gasteiger partial charge in [-0.05, 0) is 12.1 Å². The zero-order valence-electron chi connectivity index (χ0n) is 9.22.